The summed E-state index contributed by atoms with van der Waals surface area (Å²) in [5.41, 5.74) is 9.15. The number of carbonyl (C=O) groups is 3. The van der Waals surface area contributed by atoms with Crippen LogP contribution in [0.1, 0.15) is 105 Å². The quantitative estimate of drug-likeness (QED) is 0.0186. The summed E-state index contributed by atoms with van der Waals surface area (Å²) in [5.74, 6) is -0.255. The van der Waals surface area contributed by atoms with Crippen LogP contribution >= 0.6 is 11.3 Å². The number of hydrogen-bond acceptors (Lipinski definition) is 16. The van der Waals surface area contributed by atoms with Gasteiger partial charge in [-0.3, -0.25) is 24.8 Å². The Morgan fingerprint density at radius 2 is 1.43 bits per heavy atom. The van der Waals surface area contributed by atoms with Crippen molar-refractivity contribution in [1.82, 2.24) is 30.3 Å². The molecule has 2 saturated heterocycles. The number of esters is 1. The number of nitrogens with one attached hydrogen (secondary N) is 3. The number of piperazine rings is 1. The number of β-amino-alcohol motifs (C(OH)–C–C–N with tert-alkyl or cyclic N) is 1. The van der Waals surface area contributed by atoms with E-state index < -0.39 is 29.2 Å². The second-order valence-electron chi connectivity index (χ2n) is 23.7. The van der Waals surface area contributed by atoms with E-state index in [0.717, 1.165) is 102 Å². The lowest BCUT2D eigenvalue weighted by molar-refractivity contribution is -0.154. The zero-order chi connectivity index (χ0) is 59.1. The molecule has 0 unspecified atom stereocenters. The third-order valence-corrected chi connectivity index (χ3v) is 17.2. The minimum atomic E-state index is -0.811. The van der Waals surface area contributed by atoms with Gasteiger partial charge in [-0.05, 0) is 99.1 Å². The first-order valence-corrected chi connectivity index (χ1v) is 30.5. The maximum absolute atomic E-state index is 13.7. The van der Waals surface area contributed by atoms with E-state index in [-0.39, 0.29) is 61.9 Å². The van der Waals surface area contributed by atoms with E-state index in [2.05, 4.69) is 44.5 Å². The van der Waals surface area contributed by atoms with Crippen LogP contribution in [-0.2, 0) is 54.1 Å². The molecule has 19 heteroatoms. The molecule has 1 saturated carbocycles. The number of ether oxygens (including phenoxy) is 7. The maximum Gasteiger partial charge on any atom is 0.343 e. The van der Waals surface area contributed by atoms with Gasteiger partial charge in [0.2, 0.25) is 11.8 Å². The molecule has 8 rings (SSSR count). The van der Waals surface area contributed by atoms with Crippen LogP contribution in [0.15, 0.2) is 78.0 Å². The number of aryl methyl sites for hydroxylation is 4. The summed E-state index contributed by atoms with van der Waals surface area (Å²) >= 11 is 1.59. The highest BCUT2D eigenvalue weighted by atomic mass is 32.1. The summed E-state index contributed by atoms with van der Waals surface area (Å²) in [5, 5.41) is 26.0. The number of amides is 2. The number of amidine groups is 1. The Kier molecular flexibility index (Phi) is 22.9. The van der Waals surface area contributed by atoms with Crippen LogP contribution in [0.25, 0.3) is 16.0 Å². The fourth-order valence-electron chi connectivity index (χ4n) is 11.8. The summed E-state index contributed by atoms with van der Waals surface area (Å²) in [6, 6.07) is 20.5. The number of aromatic nitrogens is 1. The highest BCUT2D eigenvalue weighted by Crippen LogP contribution is 2.49. The minimum absolute atomic E-state index is 0.0443. The van der Waals surface area contributed by atoms with Crippen molar-refractivity contribution >= 4 is 40.5 Å². The van der Waals surface area contributed by atoms with Crippen LogP contribution in [0, 0.1) is 38.5 Å². The molecular weight excluding hydrogens is 1070 g/mol. The molecule has 4 aromatic rings. The fraction of sp³-hybridized carbons (Fsp3) is 0.578. The number of rotatable bonds is 28. The van der Waals surface area contributed by atoms with Gasteiger partial charge in [-0.15, -0.1) is 11.3 Å². The average molecular weight is 1160 g/mol. The van der Waals surface area contributed by atoms with Crippen molar-refractivity contribution in [2.45, 2.75) is 130 Å². The molecule has 3 aromatic carbocycles. The van der Waals surface area contributed by atoms with Gasteiger partial charge in [0.25, 0.3) is 0 Å². The Balaban J connectivity index is 0.642. The molecule has 4 heterocycles. The molecule has 0 radical (unpaired) electrons. The summed E-state index contributed by atoms with van der Waals surface area (Å²) in [7, 11) is 0. The van der Waals surface area contributed by atoms with Gasteiger partial charge in [-0.2, -0.15) is 0 Å². The van der Waals surface area contributed by atoms with Crippen LogP contribution in [0.5, 0.6) is 0 Å². The molecular formula is C64H89N7O11S. The molecule has 3 aliphatic heterocycles. The number of aliphatic hydroxyl groups is 1. The Hall–Kier alpha value is -5.61. The van der Waals surface area contributed by atoms with Gasteiger partial charge >= 0.3 is 5.97 Å². The molecule has 0 bridgehead atoms. The van der Waals surface area contributed by atoms with Gasteiger partial charge in [0, 0.05) is 52.2 Å². The molecule has 2 amide bonds. The summed E-state index contributed by atoms with van der Waals surface area (Å²) < 4.78 is 42.5. The molecule has 3 fully saturated rings. The lowest BCUT2D eigenvalue weighted by Crippen LogP contribution is -2.58. The average Bonchev–Trinajstić information content (AvgIpc) is 2.49. The number of benzene rings is 3. The van der Waals surface area contributed by atoms with Crippen LogP contribution in [0.2, 0.25) is 0 Å². The summed E-state index contributed by atoms with van der Waals surface area (Å²) in [6.07, 6.45) is 2.18. The lowest BCUT2D eigenvalue weighted by Gasteiger charge is -2.37. The molecule has 1 aliphatic carbocycles. The standard InChI is InChI=1S/C64H89N7O11S/c1-43-36-44(2)55(45(3)37-43)56-59(81-40-48-12-10-9-11-13-48)64(82-62(56)75)20-18-52(19-21-64)80-35-34-78-31-30-76-28-26-69-22-24-70(25-23-69)27-29-77-32-33-79-41-54(73)68-58(63(6,7)8)60(65)71-39-51(72)38-53(71)61(74)67-46(4)49-14-16-50(17-15-49)57-47(5)66-42-83-57/h9-17,36-37,42,46,51-53,58,65,72H,18-35,38-41H2,1-8H3,(H,67,74)(H,68,73)/t46-,51+,52?,53-,58+,64?/m0/s1. The summed E-state index contributed by atoms with van der Waals surface area (Å²) in [4.78, 5) is 52.5. The third-order valence-electron chi connectivity index (χ3n) is 16.3. The van der Waals surface area contributed by atoms with Crippen LogP contribution in [0.3, 0.4) is 0 Å². The van der Waals surface area contributed by atoms with Crippen molar-refractivity contribution in [2.75, 3.05) is 105 Å². The van der Waals surface area contributed by atoms with Crippen LogP contribution < -0.4 is 10.6 Å². The summed E-state index contributed by atoms with van der Waals surface area (Å²) in [6.45, 7) is 25.3. The van der Waals surface area contributed by atoms with E-state index in [0.29, 0.717) is 77.0 Å². The third kappa shape index (κ3) is 17.3. The maximum atomic E-state index is 13.7. The van der Waals surface area contributed by atoms with Crippen molar-refractivity contribution in [2.24, 2.45) is 5.41 Å². The lowest BCUT2D eigenvalue weighted by atomic mass is 9.80. The second-order valence-corrected chi connectivity index (χ2v) is 24.6. The van der Waals surface area contributed by atoms with Gasteiger partial charge in [0.1, 0.15) is 30.7 Å². The first-order chi connectivity index (χ1) is 39.9. The first-order valence-electron chi connectivity index (χ1n) is 29.6. The topological polar surface area (TPSA) is 207 Å². The largest absolute Gasteiger partial charge is 0.488 e. The van der Waals surface area contributed by atoms with E-state index in [1.165, 1.54) is 0 Å². The van der Waals surface area contributed by atoms with Crippen molar-refractivity contribution in [3.05, 3.63) is 117 Å². The first kappa shape index (κ1) is 63.4. The van der Waals surface area contributed by atoms with Gasteiger partial charge in [-0.25, -0.2) is 9.78 Å². The number of likely N-dealkylation sites (tertiary alicyclic amines) is 1. The number of carbonyl (C=O) groups excluding carboxylic acids is 3. The van der Waals surface area contributed by atoms with E-state index in [1.807, 2.05) is 109 Å². The smallest absolute Gasteiger partial charge is 0.343 e. The Bertz CT molecular complexity index is 2780. The van der Waals surface area contributed by atoms with E-state index in [1.54, 1.807) is 16.2 Å². The number of aliphatic hydroxyl groups excluding tert-OH is 1. The van der Waals surface area contributed by atoms with Crippen molar-refractivity contribution in [3.63, 3.8) is 0 Å². The molecule has 4 atom stereocenters. The number of hydrogen-bond donors (Lipinski definition) is 4. The SMILES string of the molecule is Cc1cc(C)c(C2=C(OCc3ccccc3)C3(CCC(OCCOCCOCCN4CCN(CCOCCOCC(=O)N[C@H](C(=N)N5C[C@H](O)C[C@H]5C(=O)N[C@@H](C)c5ccc(-c6scnc6C)cc5)C(C)(C)C)CC4)CC3)OC2=O)c(C)c1. The molecule has 18 nitrogen and oxygen atoms in total. The minimum Gasteiger partial charge on any atom is -0.488 e. The van der Waals surface area contributed by atoms with Gasteiger partial charge in [0.05, 0.1) is 93.2 Å². The highest BCUT2D eigenvalue weighted by molar-refractivity contribution is 7.13. The van der Waals surface area contributed by atoms with E-state index in [4.69, 9.17) is 33.2 Å². The number of thiazole rings is 1. The molecule has 4 N–H and O–H groups in total. The predicted molar refractivity (Wildman–Crippen MR) is 321 cm³/mol. The zero-order valence-corrected chi connectivity index (χ0v) is 50.9. The Labute approximate surface area is 495 Å². The van der Waals surface area contributed by atoms with Crippen LogP contribution in [-0.4, -0.2) is 184 Å². The van der Waals surface area contributed by atoms with Gasteiger partial charge in [-0.1, -0.05) is 93.1 Å². The predicted octanol–water partition coefficient (Wildman–Crippen LogP) is 7.73. The monoisotopic (exact) mass is 1160 g/mol. The molecule has 83 heavy (non-hydrogen) atoms. The Morgan fingerprint density at radius 1 is 0.831 bits per heavy atom. The van der Waals surface area contributed by atoms with Crippen molar-refractivity contribution in [3.8, 4) is 10.4 Å². The molecule has 1 spiro atoms. The fourth-order valence-corrected chi connectivity index (χ4v) is 12.6. The normalized spacial score (nSPS) is 21.3. The Morgan fingerprint density at radius 3 is 2.04 bits per heavy atom. The van der Waals surface area contributed by atoms with E-state index >= 15 is 0 Å². The second kappa shape index (κ2) is 30.0. The molecule has 4 aliphatic rings. The molecule has 452 valence electrons. The van der Waals surface area contributed by atoms with Gasteiger partial charge < -0.3 is 53.8 Å². The highest BCUT2D eigenvalue weighted by Gasteiger charge is 2.52. The number of nitrogens with zero attached hydrogens (tertiary/aromatic N) is 4. The van der Waals surface area contributed by atoms with Crippen LogP contribution in [0.4, 0.5) is 0 Å². The van der Waals surface area contributed by atoms with E-state index in [9.17, 15) is 24.9 Å². The molecule has 1 aromatic heterocycles. The van der Waals surface area contributed by atoms with Crippen molar-refractivity contribution in [1.29, 1.82) is 5.41 Å². The van der Waals surface area contributed by atoms with Gasteiger partial charge in [0.15, 0.2) is 11.4 Å². The zero-order valence-electron chi connectivity index (χ0n) is 50.1. The van der Waals surface area contributed by atoms with Crippen molar-refractivity contribution < 1.29 is 52.6 Å².